The zero-order valence-corrected chi connectivity index (χ0v) is 11.4. The molecule has 2 N–H and O–H groups in total. The van der Waals surface area contributed by atoms with E-state index in [0.717, 1.165) is 18.4 Å². The third-order valence-corrected chi connectivity index (χ3v) is 4.19. The first-order valence-electron chi connectivity index (χ1n) is 7.10. The predicted molar refractivity (Wildman–Crippen MR) is 73.9 cm³/mol. The average molecular weight is 262 g/mol. The molecule has 3 nitrogen and oxygen atoms in total. The first-order chi connectivity index (χ1) is 9.05. The van der Waals surface area contributed by atoms with Crippen LogP contribution >= 0.6 is 0 Å². The standard InChI is InChI=1S/C16H22O3/c1-2-3-12-4-6-14(7-5-12)16(19)10-8-13(9-11-16)15(17)18/h4-7,13,19H,2-3,8-11H2,1H3,(H,17,18). The maximum atomic E-state index is 10.9. The van der Waals surface area contributed by atoms with Crippen molar-refractivity contribution in [1.29, 1.82) is 0 Å². The minimum absolute atomic E-state index is 0.292. The van der Waals surface area contributed by atoms with Gasteiger partial charge in [-0.2, -0.15) is 0 Å². The molecule has 1 aromatic rings. The van der Waals surface area contributed by atoms with Gasteiger partial charge in [0.1, 0.15) is 0 Å². The highest BCUT2D eigenvalue weighted by molar-refractivity contribution is 5.70. The zero-order valence-electron chi connectivity index (χ0n) is 11.4. The molecule has 1 aliphatic rings. The molecule has 2 rings (SSSR count). The number of hydrogen-bond donors (Lipinski definition) is 2. The Balaban J connectivity index is 2.06. The molecule has 1 aliphatic carbocycles. The SMILES string of the molecule is CCCc1ccc(C2(O)CCC(C(=O)O)CC2)cc1. The van der Waals surface area contributed by atoms with Gasteiger partial charge in [0.05, 0.1) is 11.5 Å². The molecule has 1 saturated carbocycles. The third kappa shape index (κ3) is 3.16. The first kappa shape index (κ1) is 14.1. The topological polar surface area (TPSA) is 57.5 Å². The Morgan fingerprint density at radius 3 is 2.32 bits per heavy atom. The van der Waals surface area contributed by atoms with Crippen LogP contribution in [0.2, 0.25) is 0 Å². The number of aliphatic carboxylic acids is 1. The summed E-state index contributed by atoms with van der Waals surface area (Å²) in [5, 5.41) is 19.7. The molecule has 0 spiro atoms. The van der Waals surface area contributed by atoms with Crippen LogP contribution in [0.4, 0.5) is 0 Å². The molecule has 3 heteroatoms. The molecule has 0 bridgehead atoms. The number of rotatable bonds is 4. The molecule has 0 saturated heterocycles. The molecule has 1 fully saturated rings. The summed E-state index contributed by atoms with van der Waals surface area (Å²) in [5.74, 6) is -1.03. The van der Waals surface area contributed by atoms with Crippen LogP contribution < -0.4 is 0 Å². The minimum atomic E-state index is -0.837. The van der Waals surface area contributed by atoms with Crippen molar-refractivity contribution in [3.8, 4) is 0 Å². The van der Waals surface area contributed by atoms with Crippen LogP contribution in [0, 0.1) is 5.92 Å². The van der Waals surface area contributed by atoms with E-state index in [1.54, 1.807) is 0 Å². The largest absolute Gasteiger partial charge is 0.481 e. The summed E-state index contributed by atoms with van der Waals surface area (Å²) in [6.45, 7) is 2.15. The number of carboxylic acids is 1. The number of carboxylic acid groups (broad SMARTS) is 1. The van der Waals surface area contributed by atoms with Gasteiger partial charge in [-0.25, -0.2) is 0 Å². The molecule has 1 aromatic carbocycles. The van der Waals surface area contributed by atoms with Gasteiger partial charge in [-0.1, -0.05) is 37.6 Å². The lowest BCUT2D eigenvalue weighted by Crippen LogP contribution is -2.33. The fourth-order valence-electron chi connectivity index (χ4n) is 2.90. The molecule has 0 radical (unpaired) electrons. The monoisotopic (exact) mass is 262 g/mol. The fourth-order valence-corrected chi connectivity index (χ4v) is 2.90. The van der Waals surface area contributed by atoms with Crippen LogP contribution in [0.5, 0.6) is 0 Å². The molecule has 0 aliphatic heterocycles. The van der Waals surface area contributed by atoms with Crippen molar-refractivity contribution >= 4 is 5.97 Å². The Morgan fingerprint density at radius 1 is 1.26 bits per heavy atom. The molecule has 104 valence electrons. The van der Waals surface area contributed by atoms with Crippen LogP contribution in [0.25, 0.3) is 0 Å². The lowest BCUT2D eigenvalue weighted by atomic mass is 9.75. The fraction of sp³-hybridized carbons (Fsp3) is 0.562. The van der Waals surface area contributed by atoms with E-state index in [0.29, 0.717) is 25.7 Å². The van der Waals surface area contributed by atoms with Gasteiger partial charge < -0.3 is 10.2 Å². The molecular formula is C16H22O3. The van der Waals surface area contributed by atoms with Crippen molar-refractivity contribution < 1.29 is 15.0 Å². The molecular weight excluding hydrogens is 240 g/mol. The first-order valence-corrected chi connectivity index (χ1v) is 7.10. The van der Waals surface area contributed by atoms with Crippen molar-refractivity contribution in [3.63, 3.8) is 0 Å². The second-order valence-electron chi connectivity index (χ2n) is 5.59. The van der Waals surface area contributed by atoms with Gasteiger partial charge in [0.15, 0.2) is 0 Å². The Labute approximate surface area is 114 Å². The Hall–Kier alpha value is -1.35. The summed E-state index contributed by atoms with van der Waals surface area (Å²) >= 11 is 0. The van der Waals surface area contributed by atoms with Gasteiger partial charge in [0.25, 0.3) is 0 Å². The van der Waals surface area contributed by atoms with Gasteiger partial charge in [-0.05, 0) is 43.2 Å². The molecule has 0 amide bonds. The Bertz CT molecular complexity index is 428. The lowest BCUT2D eigenvalue weighted by molar-refractivity contribution is -0.145. The van der Waals surface area contributed by atoms with E-state index in [1.165, 1.54) is 5.56 Å². The van der Waals surface area contributed by atoms with Crippen molar-refractivity contribution in [1.82, 2.24) is 0 Å². The van der Waals surface area contributed by atoms with Crippen LogP contribution in [0.3, 0.4) is 0 Å². The number of hydrogen-bond acceptors (Lipinski definition) is 2. The van der Waals surface area contributed by atoms with E-state index in [-0.39, 0.29) is 5.92 Å². The number of benzene rings is 1. The van der Waals surface area contributed by atoms with Crippen molar-refractivity contribution in [3.05, 3.63) is 35.4 Å². The molecule has 0 atom stereocenters. The third-order valence-electron chi connectivity index (χ3n) is 4.19. The smallest absolute Gasteiger partial charge is 0.306 e. The lowest BCUT2D eigenvalue weighted by Gasteiger charge is -2.35. The second kappa shape index (κ2) is 5.74. The summed E-state index contributed by atoms with van der Waals surface area (Å²) in [4.78, 5) is 10.9. The molecule has 0 heterocycles. The van der Waals surface area contributed by atoms with Crippen LogP contribution in [-0.4, -0.2) is 16.2 Å². The van der Waals surface area contributed by atoms with Crippen LogP contribution in [0.1, 0.15) is 50.2 Å². The van der Waals surface area contributed by atoms with E-state index in [1.807, 2.05) is 12.1 Å². The van der Waals surface area contributed by atoms with Gasteiger partial charge in [-0.3, -0.25) is 4.79 Å². The van der Waals surface area contributed by atoms with E-state index in [2.05, 4.69) is 19.1 Å². The van der Waals surface area contributed by atoms with Crippen LogP contribution in [0.15, 0.2) is 24.3 Å². The molecule has 19 heavy (non-hydrogen) atoms. The number of aliphatic hydroxyl groups is 1. The van der Waals surface area contributed by atoms with Gasteiger partial charge in [0, 0.05) is 0 Å². The van der Waals surface area contributed by atoms with E-state index in [9.17, 15) is 9.90 Å². The summed E-state index contributed by atoms with van der Waals surface area (Å²) < 4.78 is 0. The van der Waals surface area contributed by atoms with Crippen LogP contribution in [-0.2, 0) is 16.8 Å². The van der Waals surface area contributed by atoms with E-state index in [4.69, 9.17) is 5.11 Å². The number of carbonyl (C=O) groups is 1. The Morgan fingerprint density at radius 2 is 1.84 bits per heavy atom. The highest BCUT2D eigenvalue weighted by atomic mass is 16.4. The van der Waals surface area contributed by atoms with Crippen molar-refractivity contribution in [2.45, 2.75) is 51.0 Å². The second-order valence-corrected chi connectivity index (χ2v) is 5.59. The Kier molecular flexibility index (Phi) is 4.25. The maximum absolute atomic E-state index is 10.9. The van der Waals surface area contributed by atoms with Gasteiger partial charge in [0.2, 0.25) is 0 Å². The normalized spacial score (nSPS) is 27.2. The minimum Gasteiger partial charge on any atom is -0.481 e. The molecule has 0 unspecified atom stereocenters. The summed E-state index contributed by atoms with van der Waals surface area (Å²) in [5.41, 5.74) is 1.38. The highest BCUT2D eigenvalue weighted by Gasteiger charge is 2.36. The van der Waals surface area contributed by atoms with E-state index >= 15 is 0 Å². The van der Waals surface area contributed by atoms with Gasteiger partial charge in [-0.15, -0.1) is 0 Å². The van der Waals surface area contributed by atoms with E-state index < -0.39 is 11.6 Å². The average Bonchev–Trinajstić information content (AvgIpc) is 2.40. The number of aryl methyl sites for hydroxylation is 1. The molecule has 0 aromatic heterocycles. The predicted octanol–water partition coefficient (Wildman–Crippen LogP) is 3.10. The van der Waals surface area contributed by atoms with Gasteiger partial charge >= 0.3 is 5.97 Å². The maximum Gasteiger partial charge on any atom is 0.306 e. The highest BCUT2D eigenvalue weighted by Crippen LogP contribution is 2.39. The van der Waals surface area contributed by atoms with Crippen molar-refractivity contribution in [2.24, 2.45) is 5.92 Å². The quantitative estimate of drug-likeness (QED) is 0.876. The summed E-state index contributed by atoms with van der Waals surface area (Å²) in [6.07, 6.45) is 4.36. The summed E-state index contributed by atoms with van der Waals surface area (Å²) in [6, 6.07) is 8.12. The zero-order chi connectivity index (χ0) is 13.9. The summed E-state index contributed by atoms with van der Waals surface area (Å²) in [7, 11) is 0. The van der Waals surface area contributed by atoms with Crippen molar-refractivity contribution in [2.75, 3.05) is 0 Å².